The van der Waals surface area contributed by atoms with Gasteiger partial charge in [-0.05, 0) is 19.4 Å². The Kier molecular flexibility index (Phi) is 3.77. The van der Waals surface area contributed by atoms with Crippen LogP contribution in [0.3, 0.4) is 0 Å². The van der Waals surface area contributed by atoms with Crippen LogP contribution in [0.15, 0.2) is 12.1 Å². The predicted octanol–water partition coefficient (Wildman–Crippen LogP) is 2.96. The van der Waals surface area contributed by atoms with Crippen molar-refractivity contribution in [3.63, 3.8) is 0 Å². The van der Waals surface area contributed by atoms with E-state index in [-0.39, 0.29) is 11.3 Å². The maximum Gasteiger partial charge on any atom is 0.168 e. The van der Waals surface area contributed by atoms with Crippen LogP contribution >= 0.6 is 0 Å². The number of hydrogen-bond acceptors (Lipinski definition) is 2. The van der Waals surface area contributed by atoms with E-state index in [1.165, 1.54) is 6.92 Å². The van der Waals surface area contributed by atoms with E-state index in [0.29, 0.717) is 19.1 Å². The second-order valence-corrected chi connectivity index (χ2v) is 3.17. The van der Waals surface area contributed by atoms with E-state index in [2.05, 4.69) is 0 Å². The van der Waals surface area contributed by atoms with Gasteiger partial charge in [-0.15, -0.1) is 0 Å². The summed E-state index contributed by atoms with van der Waals surface area (Å²) in [6, 6.07) is 1.69. The number of carbonyl (C=O) groups excluding carboxylic acids is 1. The zero-order valence-electron chi connectivity index (χ0n) is 8.64. The van der Waals surface area contributed by atoms with Gasteiger partial charge in [-0.1, -0.05) is 6.92 Å². The van der Waals surface area contributed by atoms with E-state index in [1.54, 1.807) is 0 Å². The van der Waals surface area contributed by atoms with Crippen molar-refractivity contribution < 1.29 is 18.3 Å². The highest BCUT2D eigenvalue weighted by molar-refractivity contribution is 5.96. The van der Waals surface area contributed by atoms with Gasteiger partial charge < -0.3 is 4.74 Å². The molecule has 0 atom stereocenters. The van der Waals surface area contributed by atoms with Gasteiger partial charge in [-0.3, -0.25) is 4.79 Å². The van der Waals surface area contributed by atoms with E-state index in [1.807, 2.05) is 6.92 Å². The Labute approximate surface area is 86.9 Å². The average Bonchev–Trinajstić information content (AvgIpc) is 2.15. The quantitative estimate of drug-likeness (QED) is 0.720. The Morgan fingerprint density at radius 3 is 2.60 bits per heavy atom. The molecule has 82 valence electrons. The molecule has 0 amide bonds. The Hall–Kier alpha value is -1.45. The molecule has 0 saturated heterocycles. The van der Waals surface area contributed by atoms with Gasteiger partial charge in [0, 0.05) is 6.07 Å². The van der Waals surface area contributed by atoms with Crippen LogP contribution in [-0.4, -0.2) is 12.4 Å². The van der Waals surface area contributed by atoms with Gasteiger partial charge in [0.25, 0.3) is 0 Å². The van der Waals surface area contributed by atoms with Crippen LogP contribution in [0, 0.1) is 11.6 Å². The Bertz CT molecular complexity index is 375. The predicted molar refractivity (Wildman–Crippen MR) is 52.1 cm³/mol. The van der Waals surface area contributed by atoms with Gasteiger partial charge in [-0.25, -0.2) is 8.78 Å². The summed E-state index contributed by atoms with van der Waals surface area (Å²) in [4.78, 5) is 11.1. The van der Waals surface area contributed by atoms with Crippen molar-refractivity contribution in [1.29, 1.82) is 0 Å². The molecule has 0 aliphatic carbocycles. The van der Waals surface area contributed by atoms with Gasteiger partial charge in [0.05, 0.1) is 12.2 Å². The van der Waals surface area contributed by atoms with Crippen molar-refractivity contribution in [2.75, 3.05) is 6.61 Å². The van der Waals surface area contributed by atoms with Crippen LogP contribution in [0.4, 0.5) is 8.78 Å². The molecule has 2 nitrogen and oxygen atoms in total. The minimum Gasteiger partial charge on any atom is -0.490 e. The molecule has 0 unspecified atom stereocenters. The molecule has 0 saturated carbocycles. The summed E-state index contributed by atoms with van der Waals surface area (Å²) in [6.45, 7) is 3.39. The molecule has 1 aromatic rings. The van der Waals surface area contributed by atoms with Crippen molar-refractivity contribution in [2.45, 2.75) is 20.3 Å². The van der Waals surface area contributed by atoms with Crippen LogP contribution in [0.2, 0.25) is 0 Å². The lowest BCUT2D eigenvalue weighted by atomic mass is 10.1. The monoisotopic (exact) mass is 214 g/mol. The molecule has 15 heavy (non-hydrogen) atoms. The number of rotatable bonds is 4. The van der Waals surface area contributed by atoms with E-state index >= 15 is 0 Å². The topological polar surface area (TPSA) is 26.3 Å². The number of ether oxygens (including phenoxy) is 1. The molecule has 4 heteroatoms. The first kappa shape index (κ1) is 11.6. The van der Waals surface area contributed by atoms with Gasteiger partial charge >= 0.3 is 0 Å². The van der Waals surface area contributed by atoms with E-state index < -0.39 is 17.4 Å². The van der Waals surface area contributed by atoms with Crippen LogP contribution < -0.4 is 4.74 Å². The molecule has 0 heterocycles. The van der Waals surface area contributed by atoms with Crippen LogP contribution in [-0.2, 0) is 0 Å². The lowest BCUT2D eigenvalue weighted by Crippen LogP contribution is -2.05. The van der Waals surface area contributed by atoms with E-state index in [0.717, 1.165) is 6.07 Å². The molecular weight excluding hydrogens is 202 g/mol. The smallest absolute Gasteiger partial charge is 0.168 e. The first-order chi connectivity index (χ1) is 7.06. The van der Waals surface area contributed by atoms with E-state index in [9.17, 15) is 13.6 Å². The molecule has 1 rings (SSSR count). The van der Waals surface area contributed by atoms with Gasteiger partial charge in [-0.2, -0.15) is 0 Å². The fraction of sp³-hybridized carbons (Fsp3) is 0.364. The third-order valence-corrected chi connectivity index (χ3v) is 1.84. The SMILES string of the molecule is CCCOc1c(F)cc(F)cc1C(C)=O. The van der Waals surface area contributed by atoms with Crippen molar-refractivity contribution in [3.8, 4) is 5.75 Å². The molecule has 0 fully saturated rings. The maximum absolute atomic E-state index is 13.3. The fourth-order valence-corrected chi connectivity index (χ4v) is 1.17. The summed E-state index contributed by atoms with van der Waals surface area (Å²) in [5, 5.41) is 0. The highest BCUT2D eigenvalue weighted by Crippen LogP contribution is 2.24. The summed E-state index contributed by atoms with van der Waals surface area (Å²) >= 11 is 0. The number of benzene rings is 1. The van der Waals surface area contributed by atoms with Crippen molar-refractivity contribution in [3.05, 3.63) is 29.3 Å². The van der Waals surface area contributed by atoms with E-state index in [4.69, 9.17) is 4.74 Å². The molecular formula is C11H12F2O2. The largest absolute Gasteiger partial charge is 0.490 e. The third kappa shape index (κ3) is 2.75. The Morgan fingerprint density at radius 2 is 2.07 bits per heavy atom. The van der Waals surface area contributed by atoms with Crippen LogP contribution in [0.25, 0.3) is 0 Å². The standard InChI is InChI=1S/C11H12F2O2/c1-3-4-15-11-9(7(2)14)5-8(12)6-10(11)13/h5-6H,3-4H2,1-2H3. The number of halogens is 2. The number of Topliss-reactive ketones (excluding diaryl/α,β-unsaturated/α-hetero) is 1. The summed E-state index contributed by atoms with van der Waals surface area (Å²) < 4.78 is 31.2. The molecule has 0 spiro atoms. The first-order valence-electron chi connectivity index (χ1n) is 4.69. The van der Waals surface area contributed by atoms with Crippen molar-refractivity contribution in [2.24, 2.45) is 0 Å². The minimum atomic E-state index is -0.839. The Balaban J connectivity index is 3.15. The lowest BCUT2D eigenvalue weighted by Gasteiger charge is -2.09. The third-order valence-electron chi connectivity index (χ3n) is 1.84. The molecule has 0 aromatic heterocycles. The van der Waals surface area contributed by atoms with Gasteiger partial charge in [0.15, 0.2) is 17.3 Å². The minimum absolute atomic E-state index is 0.0547. The second kappa shape index (κ2) is 4.87. The highest BCUT2D eigenvalue weighted by Gasteiger charge is 2.15. The normalized spacial score (nSPS) is 10.1. The molecule has 0 aliphatic heterocycles. The zero-order chi connectivity index (χ0) is 11.4. The number of carbonyl (C=O) groups is 1. The van der Waals surface area contributed by atoms with Crippen LogP contribution in [0.1, 0.15) is 30.6 Å². The maximum atomic E-state index is 13.3. The molecule has 1 aromatic carbocycles. The zero-order valence-corrected chi connectivity index (χ0v) is 8.64. The first-order valence-corrected chi connectivity index (χ1v) is 4.69. The second-order valence-electron chi connectivity index (χ2n) is 3.17. The van der Waals surface area contributed by atoms with Crippen molar-refractivity contribution in [1.82, 2.24) is 0 Å². The lowest BCUT2D eigenvalue weighted by molar-refractivity contribution is 0.101. The fourth-order valence-electron chi connectivity index (χ4n) is 1.17. The number of ketones is 1. The highest BCUT2D eigenvalue weighted by atomic mass is 19.1. The molecule has 0 N–H and O–H groups in total. The summed E-state index contributed by atoms with van der Waals surface area (Å²) in [6.07, 6.45) is 0.689. The van der Waals surface area contributed by atoms with Gasteiger partial charge in [0.1, 0.15) is 5.82 Å². The molecule has 0 radical (unpaired) electrons. The summed E-state index contributed by atoms with van der Waals surface area (Å²) in [5.41, 5.74) is -0.0547. The summed E-state index contributed by atoms with van der Waals surface area (Å²) in [7, 11) is 0. The summed E-state index contributed by atoms with van der Waals surface area (Å²) in [5.74, 6) is -2.19. The molecule has 0 bridgehead atoms. The Morgan fingerprint density at radius 1 is 1.40 bits per heavy atom. The average molecular weight is 214 g/mol. The van der Waals surface area contributed by atoms with Crippen LogP contribution in [0.5, 0.6) is 5.75 Å². The van der Waals surface area contributed by atoms with Crippen molar-refractivity contribution >= 4 is 5.78 Å². The van der Waals surface area contributed by atoms with Gasteiger partial charge in [0.2, 0.25) is 0 Å². The molecule has 0 aliphatic rings. The number of hydrogen-bond donors (Lipinski definition) is 0.